The van der Waals surface area contributed by atoms with Gasteiger partial charge in [-0.15, -0.1) is 5.10 Å². The first-order valence-electron chi connectivity index (χ1n) is 8.79. The molecule has 8 heteroatoms. The highest BCUT2D eigenvalue weighted by molar-refractivity contribution is 5.63. The van der Waals surface area contributed by atoms with Gasteiger partial charge in [-0.1, -0.05) is 5.21 Å². The Balaban J connectivity index is 1.73. The SMILES string of the molecule is Cc1c(-c2ccc3nc(CC(C)(C)O)cn3c2)nnn1-c1ccc(F)cc1F. The van der Waals surface area contributed by atoms with Gasteiger partial charge in [0, 0.05) is 30.4 Å². The predicted molar refractivity (Wildman–Crippen MR) is 100 cm³/mol. The number of fused-ring (bicyclic) bond motifs is 1. The van der Waals surface area contributed by atoms with E-state index in [4.69, 9.17) is 0 Å². The molecule has 0 radical (unpaired) electrons. The van der Waals surface area contributed by atoms with Gasteiger partial charge in [0.05, 0.1) is 17.0 Å². The number of nitrogens with zero attached hydrogens (tertiary/aromatic N) is 5. The molecule has 0 saturated carbocycles. The second-order valence-electron chi connectivity index (χ2n) is 7.44. The summed E-state index contributed by atoms with van der Waals surface area (Å²) in [4.78, 5) is 4.50. The maximum Gasteiger partial charge on any atom is 0.151 e. The van der Waals surface area contributed by atoms with Crippen LogP contribution in [-0.4, -0.2) is 35.1 Å². The predicted octanol–water partition coefficient (Wildman–Crippen LogP) is 3.48. The van der Waals surface area contributed by atoms with Gasteiger partial charge >= 0.3 is 0 Å². The van der Waals surface area contributed by atoms with Crippen LogP contribution in [0.25, 0.3) is 22.6 Å². The van der Waals surface area contributed by atoms with Gasteiger partial charge in [0.15, 0.2) is 5.82 Å². The number of pyridine rings is 1. The zero-order valence-electron chi connectivity index (χ0n) is 15.7. The molecule has 4 rings (SSSR count). The van der Waals surface area contributed by atoms with Crippen molar-refractivity contribution < 1.29 is 13.9 Å². The molecular formula is C20H19F2N5O. The first kappa shape index (κ1) is 18.2. The molecule has 4 aromatic rings. The smallest absolute Gasteiger partial charge is 0.151 e. The van der Waals surface area contributed by atoms with E-state index < -0.39 is 17.2 Å². The van der Waals surface area contributed by atoms with Gasteiger partial charge in [-0.2, -0.15) is 0 Å². The van der Waals surface area contributed by atoms with Crippen LogP contribution < -0.4 is 0 Å². The maximum absolute atomic E-state index is 14.1. The molecule has 0 bridgehead atoms. The summed E-state index contributed by atoms with van der Waals surface area (Å²) in [6.07, 6.45) is 4.15. The number of rotatable bonds is 4. The molecule has 0 saturated heterocycles. The molecule has 0 fully saturated rings. The van der Waals surface area contributed by atoms with Crippen molar-refractivity contribution >= 4 is 5.65 Å². The second-order valence-corrected chi connectivity index (χ2v) is 7.44. The van der Waals surface area contributed by atoms with Crippen molar-refractivity contribution in [3.8, 4) is 16.9 Å². The van der Waals surface area contributed by atoms with Crippen LogP contribution >= 0.6 is 0 Å². The molecule has 0 aliphatic carbocycles. The van der Waals surface area contributed by atoms with Crippen LogP contribution in [0, 0.1) is 18.6 Å². The zero-order valence-corrected chi connectivity index (χ0v) is 15.7. The van der Waals surface area contributed by atoms with E-state index in [1.165, 1.54) is 16.8 Å². The second kappa shape index (κ2) is 6.49. The molecule has 0 unspecified atom stereocenters. The Morgan fingerprint density at radius 3 is 2.61 bits per heavy atom. The van der Waals surface area contributed by atoms with Crippen molar-refractivity contribution in [3.05, 3.63) is 65.7 Å². The molecule has 6 nitrogen and oxygen atoms in total. The maximum atomic E-state index is 14.1. The Hall–Kier alpha value is -3.13. The number of aliphatic hydroxyl groups is 1. The Bertz CT molecular complexity index is 1170. The lowest BCUT2D eigenvalue weighted by Gasteiger charge is -2.14. The van der Waals surface area contributed by atoms with Crippen LogP contribution in [0.2, 0.25) is 0 Å². The molecule has 28 heavy (non-hydrogen) atoms. The topological polar surface area (TPSA) is 68.2 Å². The van der Waals surface area contributed by atoms with Crippen molar-refractivity contribution in [1.82, 2.24) is 24.4 Å². The molecule has 0 atom stereocenters. The molecule has 0 aliphatic heterocycles. The minimum atomic E-state index is -0.848. The van der Waals surface area contributed by atoms with E-state index in [1.807, 2.05) is 28.9 Å². The van der Waals surface area contributed by atoms with Crippen LogP contribution in [0.15, 0.2) is 42.7 Å². The average molecular weight is 383 g/mol. The van der Waals surface area contributed by atoms with Gasteiger partial charge in [-0.3, -0.25) is 0 Å². The first-order valence-corrected chi connectivity index (χ1v) is 8.79. The van der Waals surface area contributed by atoms with E-state index in [2.05, 4.69) is 15.3 Å². The lowest BCUT2D eigenvalue weighted by Crippen LogP contribution is -2.21. The molecule has 3 heterocycles. The van der Waals surface area contributed by atoms with Gasteiger partial charge in [-0.25, -0.2) is 18.4 Å². The van der Waals surface area contributed by atoms with Gasteiger partial charge < -0.3 is 9.51 Å². The Labute approximate surface area is 160 Å². The van der Waals surface area contributed by atoms with E-state index in [1.54, 1.807) is 20.8 Å². The lowest BCUT2D eigenvalue weighted by atomic mass is 10.0. The van der Waals surface area contributed by atoms with E-state index >= 15 is 0 Å². The van der Waals surface area contributed by atoms with Gasteiger partial charge in [0.1, 0.15) is 22.8 Å². The van der Waals surface area contributed by atoms with Gasteiger partial charge in [0.25, 0.3) is 0 Å². The zero-order chi connectivity index (χ0) is 20.1. The number of imidazole rings is 1. The van der Waals surface area contributed by atoms with Crippen molar-refractivity contribution in [2.75, 3.05) is 0 Å². The quantitative estimate of drug-likeness (QED) is 0.586. The third-order valence-electron chi connectivity index (χ3n) is 4.42. The summed E-state index contributed by atoms with van der Waals surface area (Å²) in [6, 6.07) is 7.04. The monoisotopic (exact) mass is 383 g/mol. The summed E-state index contributed by atoms with van der Waals surface area (Å²) in [5, 5.41) is 18.2. The average Bonchev–Trinajstić information content (AvgIpc) is 3.15. The largest absolute Gasteiger partial charge is 0.390 e. The highest BCUT2D eigenvalue weighted by atomic mass is 19.1. The molecule has 3 aromatic heterocycles. The minimum absolute atomic E-state index is 0.133. The summed E-state index contributed by atoms with van der Waals surface area (Å²) in [5.41, 5.74) is 2.81. The number of halogens is 2. The highest BCUT2D eigenvalue weighted by Crippen LogP contribution is 2.25. The summed E-state index contributed by atoms with van der Waals surface area (Å²) < 4.78 is 30.5. The van der Waals surface area contributed by atoms with E-state index in [0.29, 0.717) is 17.8 Å². The third kappa shape index (κ3) is 3.38. The van der Waals surface area contributed by atoms with E-state index in [-0.39, 0.29) is 5.69 Å². The minimum Gasteiger partial charge on any atom is -0.390 e. The van der Waals surface area contributed by atoms with Crippen molar-refractivity contribution in [2.24, 2.45) is 0 Å². The van der Waals surface area contributed by atoms with Crippen LogP contribution in [0.4, 0.5) is 8.78 Å². The Kier molecular flexibility index (Phi) is 4.23. The number of aromatic nitrogens is 5. The first-order chi connectivity index (χ1) is 13.2. The van der Waals surface area contributed by atoms with Crippen LogP contribution in [0.5, 0.6) is 0 Å². The Morgan fingerprint density at radius 1 is 1.11 bits per heavy atom. The lowest BCUT2D eigenvalue weighted by molar-refractivity contribution is 0.0801. The van der Waals surface area contributed by atoms with Gasteiger partial charge in [-0.05, 0) is 45.0 Å². The number of hydrogen-bond acceptors (Lipinski definition) is 4. The third-order valence-corrected chi connectivity index (χ3v) is 4.42. The summed E-state index contributed by atoms with van der Waals surface area (Å²) >= 11 is 0. The van der Waals surface area contributed by atoms with Crippen LogP contribution in [0.3, 0.4) is 0 Å². The fourth-order valence-corrected chi connectivity index (χ4v) is 3.19. The van der Waals surface area contributed by atoms with Crippen molar-refractivity contribution in [1.29, 1.82) is 0 Å². The number of hydrogen-bond donors (Lipinski definition) is 1. The van der Waals surface area contributed by atoms with Crippen molar-refractivity contribution in [3.63, 3.8) is 0 Å². The standard InChI is InChI=1S/C20H19F2N5O/c1-12-19(24-25-27(12)17-6-5-14(21)8-16(17)22)13-4-7-18-23-15(9-20(2,3)28)11-26(18)10-13/h4-8,10-11,28H,9H2,1-3H3. The summed E-state index contributed by atoms with van der Waals surface area (Å²) in [5.74, 6) is -1.35. The summed E-state index contributed by atoms with van der Waals surface area (Å²) in [7, 11) is 0. The molecule has 0 spiro atoms. The van der Waals surface area contributed by atoms with E-state index in [0.717, 1.165) is 23.0 Å². The number of benzene rings is 1. The normalized spacial score (nSPS) is 12.1. The molecule has 144 valence electrons. The fourth-order valence-electron chi connectivity index (χ4n) is 3.19. The summed E-state index contributed by atoms with van der Waals surface area (Å²) in [6.45, 7) is 5.24. The molecule has 1 aromatic carbocycles. The van der Waals surface area contributed by atoms with Crippen LogP contribution in [0.1, 0.15) is 25.2 Å². The van der Waals surface area contributed by atoms with Gasteiger partial charge in [0.2, 0.25) is 0 Å². The molecule has 0 aliphatic rings. The highest BCUT2D eigenvalue weighted by Gasteiger charge is 2.18. The Morgan fingerprint density at radius 2 is 1.89 bits per heavy atom. The van der Waals surface area contributed by atoms with E-state index in [9.17, 15) is 13.9 Å². The van der Waals surface area contributed by atoms with Crippen LogP contribution in [-0.2, 0) is 6.42 Å². The molecule has 1 N–H and O–H groups in total. The van der Waals surface area contributed by atoms with Crippen molar-refractivity contribution in [2.45, 2.75) is 32.8 Å². The fraction of sp³-hybridized carbons (Fsp3) is 0.250. The molecule has 0 amide bonds. The molecular weight excluding hydrogens is 364 g/mol.